The Labute approximate surface area is 567 Å². The molecule has 454 valence electrons. The van der Waals surface area contributed by atoms with Crippen LogP contribution in [0, 0.1) is 53.7 Å². The van der Waals surface area contributed by atoms with E-state index in [1.807, 2.05) is 97.1 Å². The minimum Gasteiger partial charge on any atom is -0.309 e. The van der Waals surface area contributed by atoms with Gasteiger partial charge in [-0.05, 0) is 125 Å². The van der Waals surface area contributed by atoms with Crippen molar-refractivity contribution in [2.24, 2.45) is 0 Å². The molecule has 0 atom stereocenters. The second kappa shape index (κ2) is 23.6. The number of hydrogen-bond acceptors (Lipinski definition) is 6. The van der Waals surface area contributed by atoms with Gasteiger partial charge in [0.25, 0.3) is 0 Å². The van der Waals surface area contributed by atoms with Gasteiger partial charge in [0.05, 0.1) is 82.3 Å². The highest BCUT2D eigenvalue weighted by Gasteiger charge is 2.27. The Balaban J connectivity index is 1.00. The van der Waals surface area contributed by atoms with Crippen LogP contribution in [-0.2, 0) is 0 Å². The quantitative estimate of drug-likeness (QED) is 0.125. The van der Waals surface area contributed by atoms with Crippen LogP contribution in [0.2, 0.25) is 0 Å². The van der Waals surface area contributed by atoms with Crippen LogP contribution in [0.5, 0.6) is 0 Å². The smallest absolute Gasteiger partial charge is 0.197 e. The maximum Gasteiger partial charge on any atom is 0.197 e. The second-order valence-corrected chi connectivity index (χ2v) is 24.1. The van der Waals surface area contributed by atoms with E-state index in [2.05, 4.69) is 204 Å². The summed E-state index contributed by atoms with van der Waals surface area (Å²) in [5.41, 5.74) is 17.1. The van der Waals surface area contributed by atoms with Gasteiger partial charge in [-0.25, -0.2) is 29.5 Å². The van der Waals surface area contributed by atoms with Gasteiger partial charge in [-0.15, -0.1) is 0 Å². The zero-order valence-electron chi connectivity index (χ0n) is 52.4. The van der Waals surface area contributed by atoms with Crippen molar-refractivity contribution in [3.63, 3.8) is 0 Å². The summed E-state index contributed by atoms with van der Waals surface area (Å²) in [5.74, 6) is 1.44. The number of para-hydroxylation sites is 4. The molecule has 4 heterocycles. The molecule has 0 aliphatic carbocycles. The number of nitrogens with zero attached hydrogens (tertiary/aromatic N) is 12. The standard InChI is InChI=1S/C87H46N12/c1-91-63-44-62(52-90)83(75(49-63)93-3)59-35-41-81-73(46-59)72-45-58(82-61(51-89)42-53(50-88)43-74(82)92-2)34-40-80(72)99(81)84-70(54-30-36-64(37-31-54)97-76-26-14-10-22-66(76)67-23-11-15-27-77(67)97)47-60(87-95-85(56-18-6-4-7-19-56)94-86(96-87)57-20-8-5-9-21-57)48-71(84)55-32-38-65(39-33-55)98-78-28-16-12-24-68(78)69-25-13-17-29-79(69)98/h4-49H. The molecular weight excluding hydrogens is 1210 g/mol. The number of nitriles is 3. The van der Waals surface area contributed by atoms with E-state index in [-0.39, 0.29) is 33.8 Å². The van der Waals surface area contributed by atoms with Crippen molar-refractivity contribution in [2.75, 3.05) is 0 Å². The summed E-state index contributed by atoms with van der Waals surface area (Å²) in [6.45, 7) is 24.7. The molecule has 0 radical (unpaired) electrons. The maximum atomic E-state index is 10.8. The van der Waals surface area contributed by atoms with Crippen LogP contribution < -0.4 is 0 Å². The summed E-state index contributed by atoms with van der Waals surface area (Å²) in [4.78, 5) is 27.3. The molecule has 13 aromatic carbocycles. The molecule has 0 aliphatic rings. The van der Waals surface area contributed by atoms with Gasteiger partial charge in [0.1, 0.15) is 0 Å². The van der Waals surface area contributed by atoms with Crippen LogP contribution in [0.15, 0.2) is 279 Å². The fourth-order valence-corrected chi connectivity index (χ4v) is 14.3. The molecule has 4 aromatic heterocycles. The van der Waals surface area contributed by atoms with Crippen molar-refractivity contribution in [3.05, 3.63) is 330 Å². The normalized spacial score (nSPS) is 11.2. The summed E-state index contributed by atoms with van der Waals surface area (Å²) >= 11 is 0. The van der Waals surface area contributed by atoms with E-state index >= 15 is 0 Å². The SMILES string of the molecule is [C-]#[N+]c1cc(C#N)c(-c2ccc3c(c2)c2cc(-c4c(C#N)cc(C#N)cc4[N+]#[C-])ccc2n3-c2c(-c3ccc(-n4c5ccccc5c5ccccc54)cc3)cc(-c3nc(-c4ccccc4)nc(-c4ccccc4)n3)cc2-c2ccc(-n3c4ccccc4c4ccccc43)cc2)c([N+]#[C-])c1. The highest BCUT2D eigenvalue weighted by Crippen LogP contribution is 2.48. The van der Waals surface area contributed by atoms with E-state index < -0.39 is 0 Å². The van der Waals surface area contributed by atoms with E-state index in [1.54, 1.807) is 0 Å². The summed E-state index contributed by atoms with van der Waals surface area (Å²) in [7, 11) is 0. The number of aromatic nitrogens is 6. The highest BCUT2D eigenvalue weighted by atomic mass is 15.0. The monoisotopic (exact) mass is 1260 g/mol. The van der Waals surface area contributed by atoms with Crippen molar-refractivity contribution >= 4 is 82.5 Å². The van der Waals surface area contributed by atoms with E-state index in [9.17, 15) is 15.8 Å². The second-order valence-electron chi connectivity index (χ2n) is 24.1. The molecule has 17 aromatic rings. The van der Waals surface area contributed by atoms with Gasteiger partial charge in [0.2, 0.25) is 0 Å². The molecule has 0 N–H and O–H groups in total. The molecular formula is C87H46N12. The Kier molecular flexibility index (Phi) is 13.9. The summed E-state index contributed by atoms with van der Waals surface area (Å²) in [6.07, 6.45) is 0. The van der Waals surface area contributed by atoms with Gasteiger partial charge in [-0.1, -0.05) is 176 Å². The van der Waals surface area contributed by atoms with Gasteiger partial charge in [0, 0.05) is 93.8 Å². The van der Waals surface area contributed by atoms with E-state index in [4.69, 9.17) is 34.7 Å². The minimum atomic E-state index is 0.146. The van der Waals surface area contributed by atoms with Gasteiger partial charge >= 0.3 is 0 Å². The largest absolute Gasteiger partial charge is 0.309 e. The zero-order chi connectivity index (χ0) is 66.8. The molecule has 0 spiro atoms. The first-order valence-electron chi connectivity index (χ1n) is 31.8. The highest BCUT2D eigenvalue weighted by molar-refractivity contribution is 6.15. The Hall–Kier alpha value is -14.8. The van der Waals surface area contributed by atoms with E-state index in [1.165, 1.54) is 24.3 Å². The average Bonchev–Trinajstić information content (AvgIpc) is 1.61. The van der Waals surface area contributed by atoms with Crippen LogP contribution in [0.4, 0.5) is 17.1 Å². The summed E-state index contributed by atoms with van der Waals surface area (Å²) in [5, 5.41) is 37.6. The zero-order valence-corrected chi connectivity index (χ0v) is 52.4. The lowest BCUT2D eigenvalue weighted by molar-refractivity contribution is 1.07. The molecule has 0 bridgehead atoms. The Bertz CT molecular complexity index is 5970. The lowest BCUT2D eigenvalue weighted by Gasteiger charge is -2.22. The molecule has 17 rings (SSSR count). The maximum absolute atomic E-state index is 10.8. The van der Waals surface area contributed by atoms with Crippen molar-refractivity contribution < 1.29 is 0 Å². The van der Waals surface area contributed by atoms with Crippen LogP contribution in [0.25, 0.3) is 176 Å². The van der Waals surface area contributed by atoms with Crippen LogP contribution >= 0.6 is 0 Å². The Morgan fingerprint density at radius 1 is 0.293 bits per heavy atom. The molecule has 0 fully saturated rings. The predicted octanol–water partition coefficient (Wildman–Crippen LogP) is 22.1. The molecule has 12 nitrogen and oxygen atoms in total. The van der Waals surface area contributed by atoms with Crippen molar-refractivity contribution in [2.45, 2.75) is 0 Å². The van der Waals surface area contributed by atoms with E-state index in [0.29, 0.717) is 45.3 Å². The number of hydrogen-bond donors (Lipinski definition) is 0. The van der Waals surface area contributed by atoms with E-state index in [0.717, 1.165) is 116 Å². The molecule has 12 heteroatoms. The third-order valence-corrected chi connectivity index (χ3v) is 18.6. The van der Waals surface area contributed by atoms with Crippen LogP contribution in [0.1, 0.15) is 16.7 Å². The fourth-order valence-electron chi connectivity index (χ4n) is 14.3. The number of benzene rings is 13. The lowest BCUT2D eigenvalue weighted by Crippen LogP contribution is -2.04. The minimum absolute atomic E-state index is 0.146. The Morgan fingerprint density at radius 3 is 1.07 bits per heavy atom. The molecule has 0 amide bonds. The van der Waals surface area contributed by atoms with Crippen LogP contribution in [-0.4, -0.2) is 28.7 Å². The number of fused-ring (bicyclic) bond motifs is 9. The molecule has 99 heavy (non-hydrogen) atoms. The Morgan fingerprint density at radius 2 is 0.667 bits per heavy atom. The predicted molar refractivity (Wildman–Crippen MR) is 394 cm³/mol. The van der Waals surface area contributed by atoms with Gasteiger partial charge < -0.3 is 13.7 Å². The van der Waals surface area contributed by atoms with Crippen molar-refractivity contribution in [3.8, 4) is 114 Å². The third kappa shape index (κ3) is 9.59. The molecule has 0 aliphatic heterocycles. The van der Waals surface area contributed by atoms with Gasteiger partial charge in [-0.2, -0.15) is 15.8 Å². The van der Waals surface area contributed by atoms with Crippen molar-refractivity contribution in [1.29, 1.82) is 15.8 Å². The van der Waals surface area contributed by atoms with Crippen LogP contribution in [0.3, 0.4) is 0 Å². The third-order valence-electron chi connectivity index (χ3n) is 18.6. The van der Waals surface area contributed by atoms with Gasteiger partial charge in [-0.3, -0.25) is 0 Å². The molecule has 0 saturated heterocycles. The topological polar surface area (TPSA) is 138 Å². The van der Waals surface area contributed by atoms with Crippen molar-refractivity contribution in [1.82, 2.24) is 28.7 Å². The summed E-state index contributed by atoms with van der Waals surface area (Å²) < 4.78 is 6.86. The summed E-state index contributed by atoms with van der Waals surface area (Å²) in [6, 6.07) is 99.9. The first-order valence-corrected chi connectivity index (χ1v) is 31.8. The lowest BCUT2D eigenvalue weighted by atomic mass is 9.92. The molecule has 0 saturated carbocycles. The fraction of sp³-hybridized carbons (Fsp3) is 0. The molecule has 0 unspecified atom stereocenters. The average molecular weight is 1260 g/mol. The first kappa shape index (κ1) is 58.1. The number of rotatable bonds is 10. The van der Waals surface area contributed by atoms with Gasteiger partial charge in [0.15, 0.2) is 34.5 Å². The first-order chi connectivity index (χ1) is 48.8.